The Morgan fingerprint density at radius 3 is 2.15 bits per heavy atom. The predicted molar refractivity (Wildman–Crippen MR) is 105 cm³/mol. The fourth-order valence-electron chi connectivity index (χ4n) is 2.89. The summed E-state index contributed by atoms with van der Waals surface area (Å²) in [6.07, 6.45) is 4.58. The number of amides is 1. The minimum Gasteiger partial charge on any atom is -0.330 e. The summed E-state index contributed by atoms with van der Waals surface area (Å²) in [5.41, 5.74) is 5.32. The molecule has 3 nitrogen and oxygen atoms in total. The van der Waals surface area contributed by atoms with Gasteiger partial charge in [0.2, 0.25) is 0 Å². The van der Waals surface area contributed by atoms with Crippen LogP contribution in [0.5, 0.6) is 0 Å². The van der Waals surface area contributed by atoms with E-state index in [0.717, 1.165) is 23.1 Å². The molecule has 26 heavy (non-hydrogen) atoms. The van der Waals surface area contributed by atoms with Gasteiger partial charge in [-0.05, 0) is 48.2 Å². The van der Waals surface area contributed by atoms with Gasteiger partial charge < -0.3 is 4.90 Å². The molecule has 3 aromatic rings. The predicted octanol–water partition coefficient (Wildman–Crippen LogP) is 4.80. The van der Waals surface area contributed by atoms with Crippen LogP contribution in [0.2, 0.25) is 0 Å². The van der Waals surface area contributed by atoms with Crippen molar-refractivity contribution in [1.82, 2.24) is 9.88 Å². The van der Waals surface area contributed by atoms with Crippen molar-refractivity contribution in [3.05, 3.63) is 101 Å². The van der Waals surface area contributed by atoms with Crippen molar-refractivity contribution >= 4 is 5.91 Å². The third kappa shape index (κ3) is 4.57. The van der Waals surface area contributed by atoms with Crippen molar-refractivity contribution in [2.45, 2.75) is 33.4 Å². The molecule has 0 atom stereocenters. The van der Waals surface area contributed by atoms with Gasteiger partial charge in [0.1, 0.15) is 0 Å². The standard InChI is InChI=1S/C23H24N2O/c1-3-19-8-10-20(11-9-19)16-25(17-21-5-4-14-24-15-21)23(26)22-12-6-18(2)7-13-22/h4-15H,3,16-17H2,1-2H3. The lowest BCUT2D eigenvalue weighted by atomic mass is 10.1. The first-order chi connectivity index (χ1) is 12.7. The van der Waals surface area contributed by atoms with Gasteiger partial charge in [0, 0.05) is 31.0 Å². The van der Waals surface area contributed by atoms with Gasteiger partial charge in [-0.3, -0.25) is 9.78 Å². The van der Waals surface area contributed by atoms with E-state index in [1.807, 2.05) is 54.4 Å². The molecule has 0 aliphatic heterocycles. The number of benzene rings is 2. The van der Waals surface area contributed by atoms with Crippen molar-refractivity contribution < 1.29 is 4.79 Å². The highest BCUT2D eigenvalue weighted by Crippen LogP contribution is 2.15. The lowest BCUT2D eigenvalue weighted by Crippen LogP contribution is -2.30. The molecule has 1 amide bonds. The van der Waals surface area contributed by atoms with E-state index in [9.17, 15) is 4.79 Å². The van der Waals surface area contributed by atoms with E-state index in [-0.39, 0.29) is 5.91 Å². The Morgan fingerprint density at radius 2 is 1.54 bits per heavy atom. The summed E-state index contributed by atoms with van der Waals surface area (Å²) < 4.78 is 0. The third-order valence-electron chi connectivity index (χ3n) is 4.49. The van der Waals surface area contributed by atoms with Crippen LogP contribution in [0.15, 0.2) is 73.1 Å². The fraction of sp³-hybridized carbons (Fsp3) is 0.217. The first kappa shape index (κ1) is 17.9. The number of carbonyl (C=O) groups excluding carboxylic acids is 1. The number of carbonyl (C=O) groups is 1. The van der Waals surface area contributed by atoms with E-state index < -0.39 is 0 Å². The zero-order valence-electron chi connectivity index (χ0n) is 15.4. The molecule has 0 unspecified atom stereocenters. The molecular weight excluding hydrogens is 320 g/mol. The van der Waals surface area contributed by atoms with Crippen molar-refractivity contribution in [2.75, 3.05) is 0 Å². The molecule has 3 heteroatoms. The summed E-state index contributed by atoms with van der Waals surface area (Å²) in [6, 6.07) is 20.1. The Kier molecular flexibility index (Phi) is 5.80. The SMILES string of the molecule is CCc1ccc(CN(Cc2cccnc2)C(=O)c2ccc(C)cc2)cc1. The summed E-state index contributed by atoms with van der Waals surface area (Å²) in [4.78, 5) is 19.1. The molecule has 0 saturated heterocycles. The van der Waals surface area contributed by atoms with Crippen LogP contribution in [0.25, 0.3) is 0 Å². The van der Waals surface area contributed by atoms with E-state index in [1.54, 1.807) is 6.20 Å². The van der Waals surface area contributed by atoms with Crippen LogP contribution in [-0.2, 0) is 19.5 Å². The first-order valence-electron chi connectivity index (χ1n) is 8.98. The zero-order valence-corrected chi connectivity index (χ0v) is 15.4. The van der Waals surface area contributed by atoms with Crippen LogP contribution in [0, 0.1) is 6.92 Å². The monoisotopic (exact) mass is 344 g/mol. The topological polar surface area (TPSA) is 33.2 Å². The summed E-state index contributed by atoms with van der Waals surface area (Å²) in [6.45, 7) is 5.28. The van der Waals surface area contributed by atoms with E-state index in [2.05, 4.69) is 36.2 Å². The Bertz CT molecular complexity index is 840. The third-order valence-corrected chi connectivity index (χ3v) is 4.49. The second-order valence-corrected chi connectivity index (χ2v) is 6.56. The van der Waals surface area contributed by atoms with Crippen LogP contribution in [0.3, 0.4) is 0 Å². The molecule has 0 radical (unpaired) electrons. The Labute approximate surface area is 155 Å². The van der Waals surface area contributed by atoms with Gasteiger partial charge in [-0.2, -0.15) is 0 Å². The lowest BCUT2D eigenvalue weighted by Gasteiger charge is -2.23. The van der Waals surface area contributed by atoms with E-state index in [1.165, 1.54) is 5.56 Å². The molecule has 0 saturated carbocycles. The maximum Gasteiger partial charge on any atom is 0.254 e. The number of hydrogen-bond donors (Lipinski definition) is 0. The molecule has 0 bridgehead atoms. The molecular formula is C23H24N2O. The molecule has 0 spiro atoms. The summed E-state index contributed by atoms with van der Waals surface area (Å²) in [5, 5.41) is 0. The van der Waals surface area contributed by atoms with Crippen molar-refractivity contribution in [3.8, 4) is 0 Å². The normalized spacial score (nSPS) is 10.5. The van der Waals surface area contributed by atoms with Gasteiger partial charge >= 0.3 is 0 Å². The molecule has 0 N–H and O–H groups in total. The van der Waals surface area contributed by atoms with Gasteiger partial charge in [0.25, 0.3) is 5.91 Å². The fourth-order valence-corrected chi connectivity index (χ4v) is 2.89. The molecule has 132 valence electrons. The highest BCUT2D eigenvalue weighted by molar-refractivity contribution is 5.94. The average molecular weight is 344 g/mol. The van der Waals surface area contributed by atoms with Crippen LogP contribution in [0.1, 0.15) is 39.5 Å². The van der Waals surface area contributed by atoms with Crippen LogP contribution >= 0.6 is 0 Å². The first-order valence-corrected chi connectivity index (χ1v) is 8.98. The molecule has 1 heterocycles. The van der Waals surface area contributed by atoms with Crippen LogP contribution in [-0.4, -0.2) is 15.8 Å². The lowest BCUT2D eigenvalue weighted by molar-refractivity contribution is 0.0730. The number of nitrogens with zero attached hydrogens (tertiary/aromatic N) is 2. The Hall–Kier alpha value is -2.94. The summed E-state index contributed by atoms with van der Waals surface area (Å²) in [7, 11) is 0. The zero-order chi connectivity index (χ0) is 18.4. The number of aromatic nitrogens is 1. The number of hydrogen-bond acceptors (Lipinski definition) is 2. The Morgan fingerprint density at radius 1 is 0.885 bits per heavy atom. The van der Waals surface area contributed by atoms with Gasteiger partial charge in [-0.25, -0.2) is 0 Å². The van der Waals surface area contributed by atoms with Gasteiger partial charge in [0.05, 0.1) is 0 Å². The van der Waals surface area contributed by atoms with Crippen molar-refractivity contribution in [2.24, 2.45) is 0 Å². The molecule has 0 fully saturated rings. The van der Waals surface area contributed by atoms with Gasteiger partial charge in [-0.15, -0.1) is 0 Å². The van der Waals surface area contributed by atoms with Crippen molar-refractivity contribution in [1.29, 1.82) is 0 Å². The number of rotatable bonds is 6. The van der Waals surface area contributed by atoms with E-state index in [0.29, 0.717) is 18.7 Å². The molecule has 0 aliphatic carbocycles. The summed E-state index contributed by atoms with van der Waals surface area (Å²) in [5.74, 6) is 0.0356. The molecule has 1 aromatic heterocycles. The highest BCUT2D eigenvalue weighted by Gasteiger charge is 2.17. The Balaban J connectivity index is 1.84. The summed E-state index contributed by atoms with van der Waals surface area (Å²) >= 11 is 0. The van der Waals surface area contributed by atoms with Gasteiger partial charge in [0.15, 0.2) is 0 Å². The molecule has 2 aromatic carbocycles. The maximum absolute atomic E-state index is 13.1. The molecule has 0 aliphatic rings. The maximum atomic E-state index is 13.1. The van der Waals surface area contributed by atoms with E-state index >= 15 is 0 Å². The van der Waals surface area contributed by atoms with E-state index in [4.69, 9.17) is 0 Å². The molecule has 3 rings (SSSR count). The van der Waals surface area contributed by atoms with Gasteiger partial charge in [-0.1, -0.05) is 55.0 Å². The second kappa shape index (κ2) is 8.43. The number of aryl methyl sites for hydroxylation is 2. The van der Waals surface area contributed by atoms with Crippen LogP contribution in [0.4, 0.5) is 0 Å². The second-order valence-electron chi connectivity index (χ2n) is 6.56. The van der Waals surface area contributed by atoms with Crippen molar-refractivity contribution in [3.63, 3.8) is 0 Å². The highest BCUT2D eigenvalue weighted by atomic mass is 16.2. The number of pyridine rings is 1. The average Bonchev–Trinajstić information content (AvgIpc) is 2.69. The largest absolute Gasteiger partial charge is 0.330 e. The smallest absolute Gasteiger partial charge is 0.254 e. The quantitative estimate of drug-likeness (QED) is 0.644. The minimum atomic E-state index is 0.0356. The van der Waals surface area contributed by atoms with Crippen LogP contribution < -0.4 is 0 Å². The minimum absolute atomic E-state index is 0.0356.